The van der Waals surface area contributed by atoms with Crippen molar-refractivity contribution in [3.8, 4) is 11.5 Å². The first-order chi connectivity index (χ1) is 13.0. The van der Waals surface area contributed by atoms with E-state index in [9.17, 15) is 9.59 Å². The maximum absolute atomic E-state index is 12.1. The third-order valence-corrected chi connectivity index (χ3v) is 5.23. The minimum absolute atomic E-state index is 0.0712. The molecule has 1 atom stereocenters. The fourth-order valence-electron chi connectivity index (χ4n) is 2.97. The number of hydrogen-bond donors (Lipinski definition) is 2. The Bertz CT molecular complexity index is 847. The average molecular weight is 388 g/mol. The van der Waals surface area contributed by atoms with Gasteiger partial charge in [-0.15, -0.1) is 11.3 Å². The largest absolute Gasteiger partial charge is 0.494 e. The number of carbonyl (C=O) groups excluding carboxylic acids is 2. The summed E-state index contributed by atoms with van der Waals surface area (Å²) in [7, 11) is 0. The van der Waals surface area contributed by atoms with Crippen LogP contribution in [0.15, 0.2) is 24.3 Å². The van der Waals surface area contributed by atoms with Gasteiger partial charge < -0.3 is 20.1 Å². The fraction of sp³-hybridized carbons (Fsp3) is 0.400. The Morgan fingerprint density at radius 3 is 2.81 bits per heavy atom. The van der Waals surface area contributed by atoms with Crippen LogP contribution in [0.25, 0.3) is 0 Å². The molecule has 2 amide bonds. The second-order valence-electron chi connectivity index (χ2n) is 6.50. The Morgan fingerprint density at radius 2 is 2.11 bits per heavy atom. The molecule has 7 heteroatoms. The summed E-state index contributed by atoms with van der Waals surface area (Å²) in [6.45, 7) is 6.68. The zero-order chi connectivity index (χ0) is 19.4. The molecule has 0 radical (unpaired) electrons. The van der Waals surface area contributed by atoms with Gasteiger partial charge in [-0.25, -0.2) is 0 Å². The van der Waals surface area contributed by atoms with Gasteiger partial charge in [0.2, 0.25) is 5.91 Å². The quantitative estimate of drug-likeness (QED) is 0.765. The molecule has 27 heavy (non-hydrogen) atoms. The van der Waals surface area contributed by atoms with Gasteiger partial charge in [-0.3, -0.25) is 9.59 Å². The first-order valence-electron chi connectivity index (χ1n) is 9.02. The van der Waals surface area contributed by atoms with Crippen LogP contribution in [0.2, 0.25) is 0 Å². The molecule has 1 aromatic carbocycles. The van der Waals surface area contributed by atoms with Gasteiger partial charge in [-0.05, 0) is 45.0 Å². The van der Waals surface area contributed by atoms with E-state index in [-0.39, 0.29) is 24.5 Å². The van der Waals surface area contributed by atoms with E-state index in [1.807, 2.05) is 39.0 Å². The average Bonchev–Trinajstić information content (AvgIpc) is 3.22. The number of rotatable bonds is 7. The number of benzene rings is 1. The van der Waals surface area contributed by atoms with Crippen molar-refractivity contribution in [2.24, 2.45) is 0 Å². The first kappa shape index (κ1) is 19.2. The third kappa shape index (κ3) is 4.80. The maximum atomic E-state index is 12.1. The highest BCUT2D eigenvalue weighted by Crippen LogP contribution is 2.35. The van der Waals surface area contributed by atoms with Gasteiger partial charge in [0.05, 0.1) is 18.0 Å². The van der Waals surface area contributed by atoms with Crippen molar-refractivity contribution >= 4 is 23.2 Å². The molecule has 1 aliphatic rings. The molecule has 0 bridgehead atoms. The van der Waals surface area contributed by atoms with Crippen LogP contribution in [-0.2, 0) is 17.8 Å². The Kier molecular flexibility index (Phi) is 6.01. The lowest BCUT2D eigenvalue weighted by atomic mass is 10.1. The Morgan fingerprint density at radius 1 is 1.30 bits per heavy atom. The zero-order valence-electron chi connectivity index (χ0n) is 15.8. The van der Waals surface area contributed by atoms with E-state index in [2.05, 4.69) is 10.6 Å². The second kappa shape index (κ2) is 8.43. The fourth-order valence-corrected chi connectivity index (χ4v) is 3.75. The summed E-state index contributed by atoms with van der Waals surface area (Å²) in [6, 6.07) is 7.56. The number of amides is 2. The molecule has 144 valence electrons. The molecule has 6 nitrogen and oxygen atoms in total. The van der Waals surface area contributed by atoms with Crippen LogP contribution in [0.3, 0.4) is 0 Å². The van der Waals surface area contributed by atoms with Gasteiger partial charge in [0.25, 0.3) is 5.91 Å². The lowest BCUT2D eigenvalue weighted by molar-refractivity contribution is -0.120. The summed E-state index contributed by atoms with van der Waals surface area (Å²) < 4.78 is 11.5. The normalized spacial score (nSPS) is 15.0. The molecule has 2 heterocycles. The van der Waals surface area contributed by atoms with Crippen LogP contribution in [-0.4, -0.2) is 31.1 Å². The van der Waals surface area contributed by atoms with E-state index in [1.54, 1.807) is 6.07 Å². The minimum Gasteiger partial charge on any atom is -0.494 e. The SMILES string of the molecule is CCOc1cc2c(cc1CNC(=O)CNC(=O)c1ccc(C)s1)OC(C)C2. The van der Waals surface area contributed by atoms with E-state index in [0.717, 1.165) is 33.9 Å². The minimum atomic E-state index is -0.256. The smallest absolute Gasteiger partial charge is 0.261 e. The first-order valence-corrected chi connectivity index (χ1v) is 9.84. The molecule has 0 spiro atoms. The number of hydrogen-bond acceptors (Lipinski definition) is 5. The molecule has 0 fully saturated rings. The Balaban J connectivity index is 1.56. The van der Waals surface area contributed by atoms with E-state index in [4.69, 9.17) is 9.47 Å². The van der Waals surface area contributed by atoms with Crippen molar-refractivity contribution in [2.75, 3.05) is 13.2 Å². The molecule has 3 rings (SSSR count). The van der Waals surface area contributed by atoms with E-state index in [1.165, 1.54) is 11.3 Å². The van der Waals surface area contributed by atoms with Gasteiger partial charge in [0.1, 0.15) is 17.6 Å². The molecule has 0 aliphatic carbocycles. The summed E-state index contributed by atoms with van der Waals surface area (Å²) >= 11 is 1.40. The topological polar surface area (TPSA) is 76.7 Å². The highest BCUT2D eigenvalue weighted by Gasteiger charge is 2.22. The molecule has 1 aliphatic heterocycles. The Hall–Kier alpha value is -2.54. The number of nitrogens with one attached hydrogen (secondary N) is 2. The van der Waals surface area contributed by atoms with Gasteiger partial charge in [-0.1, -0.05) is 0 Å². The lowest BCUT2D eigenvalue weighted by Gasteiger charge is -2.13. The molecular weight excluding hydrogens is 364 g/mol. The van der Waals surface area contributed by atoms with Crippen molar-refractivity contribution in [3.05, 3.63) is 45.1 Å². The van der Waals surface area contributed by atoms with Gasteiger partial charge in [0, 0.05) is 29.0 Å². The third-order valence-electron chi connectivity index (χ3n) is 4.23. The summed E-state index contributed by atoms with van der Waals surface area (Å²) in [5.74, 6) is 1.11. The van der Waals surface area contributed by atoms with Crippen molar-refractivity contribution in [3.63, 3.8) is 0 Å². The Labute approximate surface area is 162 Å². The molecule has 2 N–H and O–H groups in total. The van der Waals surface area contributed by atoms with Gasteiger partial charge in [-0.2, -0.15) is 0 Å². The number of carbonyl (C=O) groups is 2. The molecule has 0 saturated heterocycles. The predicted molar refractivity (Wildman–Crippen MR) is 105 cm³/mol. The summed E-state index contributed by atoms with van der Waals surface area (Å²) in [5, 5.41) is 5.47. The number of thiophene rings is 1. The molecule has 0 saturated carbocycles. The predicted octanol–water partition coefficient (Wildman–Crippen LogP) is 2.82. The highest BCUT2D eigenvalue weighted by atomic mass is 32.1. The summed E-state index contributed by atoms with van der Waals surface area (Å²) in [5.41, 5.74) is 1.98. The van der Waals surface area contributed by atoms with Crippen LogP contribution < -0.4 is 20.1 Å². The van der Waals surface area contributed by atoms with Gasteiger partial charge >= 0.3 is 0 Å². The van der Waals surface area contributed by atoms with E-state index >= 15 is 0 Å². The molecular formula is C20H24N2O4S. The van der Waals surface area contributed by atoms with Crippen LogP contribution in [0.5, 0.6) is 11.5 Å². The van der Waals surface area contributed by atoms with Crippen molar-refractivity contribution in [1.82, 2.24) is 10.6 Å². The van der Waals surface area contributed by atoms with Gasteiger partial charge in [0.15, 0.2) is 0 Å². The van der Waals surface area contributed by atoms with Crippen molar-refractivity contribution in [2.45, 2.75) is 39.8 Å². The summed E-state index contributed by atoms with van der Waals surface area (Å²) in [6.07, 6.45) is 1.01. The number of ether oxygens (including phenoxy) is 2. The van der Waals surface area contributed by atoms with E-state index < -0.39 is 0 Å². The molecule has 2 aromatic rings. The summed E-state index contributed by atoms with van der Waals surface area (Å²) in [4.78, 5) is 25.8. The van der Waals surface area contributed by atoms with E-state index in [0.29, 0.717) is 18.0 Å². The monoisotopic (exact) mass is 388 g/mol. The number of aryl methyl sites for hydroxylation is 1. The molecule has 1 aromatic heterocycles. The van der Waals surface area contributed by atoms with Crippen molar-refractivity contribution in [1.29, 1.82) is 0 Å². The standard InChI is InChI=1S/C20H24N2O4S/c1-4-25-16-8-14-7-12(2)26-17(14)9-15(16)10-21-19(23)11-22-20(24)18-6-5-13(3)27-18/h5-6,8-9,12H,4,7,10-11H2,1-3H3,(H,21,23)(H,22,24). The van der Waals surface area contributed by atoms with Crippen LogP contribution in [0.4, 0.5) is 0 Å². The molecule has 1 unspecified atom stereocenters. The second-order valence-corrected chi connectivity index (χ2v) is 7.79. The van der Waals surface area contributed by atoms with Crippen LogP contribution >= 0.6 is 11.3 Å². The van der Waals surface area contributed by atoms with Crippen LogP contribution in [0.1, 0.15) is 39.5 Å². The van der Waals surface area contributed by atoms with Crippen molar-refractivity contribution < 1.29 is 19.1 Å². The maximum Gasteiger partial charge on any atom is 0.261 e. The lowest BCUT2D eigenvalue weighted by Crippen LogP contribution is -2.36. The van der Waals surface area contributed by atoms with Crippen LogP contribution in [0, 0.1) is 6.92 Å². The number of fused-ring (bicyclic) bond motifs is 1. The zero-order valence-corrected chi connectivity index (χ0v) is 16.6. The highest BCUT2D eigenvalue weighted by molar-refractivity contribution is 7.13.